The first-order valence-corrected chi connectivity index (χ1v) is 4.56. The van der Waals surface area contributed by atoms with Crippen molar-refractivity contribution in [1.82, 2.24) is 0 Å². The second kappa shape index (κ2) is 4.42. The van der Waals surface area contributed by atoms with Gasteiger partial charge in [-0.3, -0.25) is 0 Å². The molecule has 0 fully saturated rings. The van der Waals surface area contributed by atoms with Crippen LogP contribution < -0.4 is 0 Å². The summed E-state index contributed by atoms with van der Waals surface area (Å²) in [7, 11) is 0. The Morgan fingerprint density at radius 1 is 0.944 bits per heavy atom. The van der Waals surface area contributed by atoms with Crippen LogP contribution in [0.3, 0.4) is 0 Å². The molecular formula is C10H7F7O. The van der Waals surface area contributed by atoms with Crippen molar-refractivity contribution in [1.29, 1.82) is 0 Å². The Balaban J connectivity index is 3.28. The van der Waals surface area contributed by atoms with Gasteiger partial charge in [0.15, 0.2) is 0 Å². The fourth-order valence-corrected chi connectivity index (χ4v) is 1.22. The minimum atomic E-state index is -6.37. The zero-order chi connectivity index (χ0) is 14.2. The van der Waals surface area contributed by atoms with Gasteiger partial charge in [0.05, 0.1) is 6.61 Å². The highest BCUT2D eigenvalue weighted by atomic mass is 19.4. The van der Waals surface area contributed by atoms with Crippen LogP contribution in [-0.4, -0.2) is 17.2 Å². The van der Waals surface area contributed by atoms with E-state index in [-0.39, 0.29) is 5.56 Å². The van der Waals surface area contributed by atoms with Gasteiger partial charge in [-0.05, 0) is 11.6 Å². The normalized spacial score (nSPS) is 13.8. The molecule has 1 aromatic carbocycles. The summed E-state index contributed by atoms with van der Waals surface area (Å²) in [6.45, 7) is -0.749. The molecule has 0 aliphatic heterocycles. The molecule has 0 atom stereocenters. The summed E-state index contributed by atoms with van der Waals surface area (Å²) < 4.78 is 87.5. The maximum atomic E-state index is 13.2. The Hall–Kier alpha value is -1.31. The summed E-state index contributed by atoms with van der Waals surface area (Å²) in [6, 6.07) is 2.82. The highest BCUT2D eigenvalue weighted by molar-refractivity contribution is 5.28. The third-order valence-electron chi connectivity index (χ3n) is 2.22. The first kappa shape index (κ1) is 14.7. The van der Waals surface area contributed by atoms with Crippen LogP contribution in [0.1, 0.15) is 11.1 Å². The Kier molecular flexibility index (Phi) is 3.62. The van der Waals surface area contributed by atoms with Gasteiger partial charge in [0.25, 0.3) is 0 Å². The zero-order valence-electron chi connectivity index (χ0n) is 8.61. The zero-order valence-corrected chi connectivity index (χ0v) is 8.61. The van der Waals surface area contributed by atoms with Crippen LogP contribution in [-0.2, 0) is 12.5 Å². The second-order valence-corrected chi connectivity index (χ2v) is 3.51. The number of hydrogen-bond donors (Lipinski definition) is 1. The molecule has 8 heteroatoms. The van der Waals surface area contributed by atoms with Crippen LogP contribution in [0.15, 0.2) is 24.3 Å². The van der Waals surface area contributed by atoms with Crippen molar-refractivity contribution in [2.24, 2.45) is 0 Å². The van der Waals surface area contributed by atoms with E-state index in [1.165, 1.54) is 0 Å². The number of hydrogen-bond acceptors (Lipinski definition) is 1. The summed E-state index contributed by atoms with van der Waals surface area (Å²) in [5.41, 5.74) is -1.69. The van der Waals surface area contributed by atoms with Gasteiger partial charge in [-0.1, -0.05) is 18.2 Å². The average molecular weight is 276 g/mol. The third-order valence-corrected chi connectivity index (χ3v) is 2.22. The molecule has 18 heavy (non-hydrogen) atoms. The van der Waals surface area contributed by atoms with Gasteiger partial charge >= 0.3 is 18.0 Å². The summed E-state index contributed by atoms with van der Waals surface area (Å²) in [6.07, 6.45) is -6.37. The molecule has 0 unspecified atom stereocenters. The van der Waals surface area contributed by atoms with Crippen molar-refractivity contribution in [2.45, 2.75) is 24.6 Å². The fourth-order valence-electron chi connectivity index (χ4n) is 1.22. The maximum absolute atomic E-state index is 13.2. The van der Waals surface area contributed by atoms with Gasteiger partial charge in [-0.25, -0.2) is 0 Å². The topological polar surface area (TPSA) is 20.2 Å². The largest absolute Gasteiger partial charge is 0.460 e. The van der Waals surface area contributed by atoms with Crippen molar-refractivity contribution in [3.8, 4) is 0 Å². The SMILES string of the molecule is OCc1cccc(C(F)(F)C(F)(F)C(F)(F)F)c1. The Labute approximate surface area is 96.8 Å². The van der Waals surface area contributed by atoms with Gasteiger partial charge in [-0.2, -0.15) is 30.7 Å². The lowest BCUT2D eigenvalue weighted by Crippen LogP contribution is -2.50. The van der Waals surface area contributed by atoms with E-state index in [2.05, 4.69) is 0 Å². The molecule has 1 rings (SSSR count). The molecule has 0 radical (unpaired) electrons. The quantitative estimate of drug-likeness (QED) is 0.838. The van der Waals surface area contributed by atoms with E-state index in [0.29, 0.717) is 12.1 Å². The van der Waals surface area contributed by atoms with Crippen LogP contribution in [0.2, 0.25) is 0 Å². The van der Waals surface area contributed by atoms with Crippen LogP contribution >= 0.6 is 0 Å². The number of rotatable bonds is 3. The molecule has 0 amide bonds. The molecular weight excluding hydrogens is 269 g/mol. The van der Waals surface area contributed by atoms with E-state index in [4.69, 9.17) is 5.11 Å². The third kappa shape index (κ3) is 2.29. The second-order valence-electron chi connectivity index (χ2n) is 3.51. The van der Waals surface area contributed by atoms with E-state index in [9.17, 15) is 30.7 Å². The van der Waals surface area contributed by atoms with Crippen molar-refractivity contribution in [3.05, 3.63) is 35.4 Å². The monoisotopic (exact) mass is 276 g/mol. The summed E-state index contributed by atoms with van der Waals surface area (Å²) in [5, 5.41) is 8.64. The van der Waals surface area contributed by atoms with E-state index in [1.807, 2.05) is 0 Å². The van der Waals surface area contributed by atoms with Crippen LogP contribution in [0.5, 0.6) is 0 Å². The first-order valence-electron chi connectivity index (χ1n) is 4.56. The highest BCUT2D eigenvalue weighted by Gasteiger charge is 2.73. The van der Waals surface area contributed by atoms with E-state index < -0.39 is 30.2 Å². The minimum Gasteiger partial charge on any atom is -0.392 e. The predicted molar refractivity (Wildman–Crippen MR) is 47.3 cm³/mol. The fraction of sp³-hybridized carbons (Fsp3) is 0.400. The van der Waals surface area contributed by atoms with Crippen molar-refractivity contribution in [3.63, 3.8) is 0 Å². The van der Waals surface area contributed by atoms with Crippen molar-refractivity contribution < 1.29 is 35.8 Å². The standard InChI is InChI=1S/C10H7F7O/c11-8(12,9(13,14)10(15,16)17)7-3-1-2-6(4-7)5-18/h1-4,18H,5H2. The lowest BCUT2D eigenvalue weighted by molar-refractivity contribution is -0.359. The van der Waals surface area contributed by atoms with E-state index in [1.54, 1.807) is 0 Å². The number of halogens is 7. The predicted octanol–water partition coefficient (Wildman–Crippen LogP) is 3.47. The van der Waals surface area contributed by atoms with Gasteiger partial charge in [0, 0.05) is 5.56 Å². The Morgan fingerprint density at radius 3 is 1.94 bits per heavy atom. The van der Waals surface area contributed by atoms with E-state index in [0.717, 1.165) is 12.1 Å². The molecule has 0 aromatic heterocycles. The van der Waals surface area contributed by atoms with Gasteiger partial charge in [0.1, 0.15) is 0 Å². The summed E-state index contributed by atoms with van der Waals surface area (Å²) in [5.74, 6) is -11.6. The molecule has 1 aromatic rings. The van der Waals surface area contributed by atoms with Crippen molar-refractivity contribution in [2.75, 3.05) is 0 Å². The molecule has 0 heterocycles. The molecule has 0 bridgehead atoms. The smallest absolute Gasteiger partial charge is 0.392 e. The van der Waals surface area contributed by atoms with E-state index >= 15 is 0 Å². The Bertz CT molecular complexity index is 424. The highest BCUT2D eigenvalue weighted by Crippen LogP contribution is 2.51. The number of aliphatic hydroxyl groups is 1. The van der Waals surface area contributed by atoms with Gasteiger partial charge < -0.3 is 5.11 Å². The molecule has 1 nitrogen and oxygen atoms in total. The lowest BCUT2D eigenvalue weighted by atomic mass is 10.00. The van der Waals surface area contributed by atoms with Crippen LogP contribution in [0.25, 0.3) is 0 Å². The number of aliphatic hydroxyl groups excluding tert-OH is 1. The number of benzene rings is 1. The van der Waals surface area contributed by atoms with Crippen LogP contribution in [0.4, 0.5) is 30.7 Å². The number of alkyl halides is 7. The maximum Gasteiger partial charge on any atom is 0.460 e. The minimum absolute atomic E-state index is 0.190. The van der Waals surface area contributed by atoms with Gasteiger partial charge in [0.2, 0.25) is 0 Å². The summed E-state index contributed by atoms with van der Waals surface area (Å²) in [4.78, 5) is 0. The molecule has 102 valence electrons. The van der Waals surface area contributed by atoms with Crippen LogP contribution in [0, 0.1) is 0 Å². The molecule has 0 aliphatic carbocycles. The Morgan fingerprint density at radius 2 is 1.50 bits per heavy atom. The molecule has 1 N–H and O–H groups in total. The lowest BCUT2D eigenvalue weighted by Gasteiger charge is -2.28. The van der Waals surface area contributed by atoms with Gasteiger partial charge in [-0.15, -0.1) is 0 Å². The summed E-state index contributed by atoms with van der Waals surface area (Å²) >= 11 is 0. The molecule has 0 saturated heterocycles. The first-order chi connectivity index (χ1) is 8.04. The van der Waals surface area contributed by atoms with Crippen molar-refractivity contribution >= 4 is 0 Å². The average Bonchev–Trinajstić information content (AvgIpc) is 2.27. The molecule has 0 spiro atoms. The molecule has 0 aliphatic rings. The molecule has 0 saturated carbocycles.